The van der Waals surface area contributed by atoms with Crippen LogP contribution in [0.4, 0.5) is 22.0 Å². The number of rotatable bonds is 3. The molecule has 2 aromatic heterocycles. The molecule has 0 aliphatic heterocycles. The van der Waals surface area contributed by atoms with Crippen LogP contribution in [0.1, 0.15) is 5.69 Å². The van der Waals surface area contributed by atoms with Crippen molar-refractivity contribution in [3.05, 3.63) is 45.1 Å². The average molecular weight is 485 g/mol. The standard InChI is InChI=1S/C15H8Br2F5N3/c16-9-3-11-12(4-10(9)17)25-13(24-11)7-1-2-8(23-6-7)5-14(18,19)15(20,21)22/h1-4,6H,5H2,(H,24,25). The second-order valence-corrected chi connectivity index (χ2v) is 6.99. The quantitative estimate of drug-likeness (QED) is 0.471. The van der Waals surface area contributed by atoms with Gasteiger partial charge in [-0.2, -0.15) is 22.0 Å². The average Bonchev–Trinajstić information content (AvgIpc) is 2.89. The topological polar surface area (TPSA) is 41.6 Å². The zero-order valence-corrected chi connectivity index (χ0v) is 15.3. The number of fused-ring (bicyclic) bond motifs is 1. The van der Waals surface area contributed by atoms with E-state index in [0.717, 1.165) is 20.5 Å². The van der Waals surface area contributed by atoms with Crippen LogP contribution in [0.3, 0.4) is 0 Å². The Balaban J connectivity index is 1.88. The molecule has 3 aromatic rings. The van der Waals surface area contributed by atoms with Gasteiger partial charge in [-0.05, 0) is 56.1 Å². The minimum atomic E-state index is -5.60. The molecular formula is C15H8Br2F5N3. The van der Waals surface area contributed by atoms with Crippen molar-refractivity contribution in [1.29, 1.82) is 0 Å². The van der Waals surface area contributed by atoms with Gasteiger partial charge in [-0.25, -0.2) is 4.98 Å². The van der Waals surface area contributed by atoms with Gasteiger partial charge in [-0.1, -0.05) is 0 Å². The Morgan fingerprint density at radius 3 is 2.28 bits per heavy atom. The van der Waals surface area contributed by atoms with E-state index < -0.39 is 18.5 Å². The van der Waals surface area contributed by atoms with E-state index in [1.165, 1.54) is 12.3 Å². The molecule has 0 unspecified atom stereocenters. The lowest BCUT2D eigenvalue weighted by atomic mass is 10.1. The number of H-pyrrole nitrogens is 1. The van der Waals surface area contributed by atoms with Crippen molar-refractivity contribution in [3.63, 3.8) is 0 Å². The molecule has 10 heteroatoms. The third kappa shape index (κ3) is 3.69. The van der Waals surface area contributed by atoms with Crippen LogP contribution in [0.25, 0.3) is 22.4 Å². The van der Waals surface area contributed by atoms with E-state index >= 15 is 0 Å². The fourth-order valence-electron chi connectivity index (χ4n) is 2.14. The molecule has 3 rings (SSSR count). The van der Waals surface area contributed by atoms with Crippen molar-refractivity contribution < 1.29 is 22.0 Å². The number of alkyl halides is 5. The van der Waals surface area contributed by atoms with E-state index in [9.17, 15) is 22.0 Å². The summed E-state index contributed by atoms with van der Waals surface area (Å²) in [4.78, 5) is 11.1. The summed E-state index contributed by atoms with van der Waals surface area (Å²) in [5.74, 6) is -4.39. The molecule has 0 bridgehead atoms. The van der Waals surface area contributed by atoms with Gasteiger partial charge in [0.1, 0.15) is 5.82 Å². The first kappa shape index (κ1) is 18.2. The van der Waals surface area contributed by atoms with Crippen LogP contribution in [-0.2, 0) is 6.42 Å². The lowest BCUT2D eigenvalue weighted by molar-refractivity contribution is -0.281. The Bertz CT molecular complexity index is 880. The lowest BCUT2D eigenvalue weighted by Gasteiger charge is -2.18. The van der Waals surface area contributed by atoms with E-state index in [1.807, 2.05) is 6.07 Å². The maximum absolute atomic E-state index is 13.1. The number of nitrogens with one attached hydrogen (secondary N) is 1. The SMILES string of the molecule is FC(F)(F)C(F)(F)Cc1ccc(-c2nc3cc(Br)c(Br)cc3[nH]2)cn1. The number of aromatic amines is 1. The highest BCUT2D eigenvalue weighted by Gasteiger charge is 2.57. The molecule has 0 radical (unpaired) electrons. The third-order valence-corrected chi connectivity index (χ3v) is 5.28. The number of hydrogen-bond donors (Lipinski definition) is 1. The first-order chi connectivity index (χ1) is 11.6. The molecule has 1 aromatic carbocycles. The molecule has 0 aliphatic carbocycles. The summed E-state index contributed by atoms with van der Waals surface area (Å²) < 4.78 is 64.5. The molecule has 132 valence electrons. The molecule has 0 fully saturated rings. The maximum Gasteiger partial charge on any atom is 0.453 e. The number of halogens is 7. The summed E-state index contributed by atoms with van der Waals surface area (Å²) >= 11 is 6.72. The summed E-state index contributed by atoms with van der Waals surface area (Å²) in [5, 5.41) is 0. The molecule has 3 nitrogen and oxygen atoms in total. The monoisotopic (exact) mass is 483 g/mol. The Labute approximate surface area is 154 Å². The highest BCUT2D eigenvalue weighted by molar-refractivity contribution is 9.13. The second-order valence-electron chi connectivity index (χ2n) is 5.29. The van der Waals surface area contributed by atoms with E-state index in [2.05, 4.69) is 46.8 Å². The molecule has 0 spiro atoms. The third-order valence-electron chi connectivity index (χ3n) is 3.44. The Morgan fingerprint density at radius 2 is 1.68 bits per heavy atom. The fourth-order valence-corrected chi connectivity index (χ4v) is 2.81. The smallest absolute Gasteiger partial charge is 0.338 e. The van der Waals surface area contributed by atoms with Crippen LogP contribution in [0.5, 0.6) is 0 Å². The van der Waals surface area contributed by atoms with Crippen molar-refractivity contribution in [1.82, 2.24) is 15.0 Å². The minimum Gasteiger partial charge on any atom is -0.338 e. The number of pyridine rings is 1. The predicted molar refractivity (Wildman–Crippen MR) is 89.4 cm³/mol. The van der Waals surface area contributed by atoms with Crippen molar-refractivity contribution in [2.75, 3.05) is 0 Å². The zero-order chi connectivity index (χ0) is 18.4. The van der Waals surface area contributed by atoms with Crippen molar-refractivity contribution in [2.45, 2.75) is 18.5 Å². The largest absolute Gasteiger partial charge is 0.453 e. The van der Waals surface area contributed by atoms with Gasteiger partial charge in [0, 0.05) is 26.4 Å². The summed E-state index contributed by atoms with van der Waals surface area (Å²) in [7, 11) is 0. The van der Waals surface area contributed by atoms with Gasteiger partial charge in [0.05, 0.1) is 17.5 Å². The first-order valence-electron chi connectivity index (χ1n) is 6.81. The van der Waals surface area contributed by atoms with E-state index in [0.29, 0.717) is 16.9 Å². The van der Waals surface area contributed by atoms with Crippen LogP contribution < -0.4 is 0 Å². The van der Waals surface area contributed by atoms with Gasteiger partial charge in [0.15, 0.2) is 0 Å². The molecule has 0 saturated heterocycles. The van der Waals surface area contributed by atoms with Crippen LogP contribution in [-0.4, -0.2) is 27.1 Å². The predicted octanol–water partition coefficient (Wildman–Crippen LogP) is 5.89. The maximum atomic E-state index is 13.1. The molecule has 0 amide bonds. The van der Waals surface area contributed by atoms with E-state index in [4.69, 9.17) is 0 Å². The van der Waals surface area contributed by atoms with Gasteiger partial charge >= 0.3 is 12.1 Å². The first-order valence-corrected chi connectivity index (χ1v) is 8.40. The molecule has 2 heterocycles. The second kappa shape index (κ2) is 6.31. The Morgan fingerprint density at radius 1 is 1.00 bits per heavy atom. The molecule has 0 atom stereocenters. The number of nitrogens with zero attached hydrogens (tertiary/aromatic N) is 2. The van der Waals surface area contributed by atoms with Crippen LogP contribution in [0, 0.1) is 0 Å². The molecular weight excluding hydrogens is 477 g/mol. The van der Waals surface area contributed by atoms with Crippen molar-refractivity contribution in [2.24, 2.45) is 0 Å². The summed E-state index contributed by atoms with van der Waals surface area (Å²) in [6.07, 6.45) is -5.90. The van der Waals surface area contributed by atoms with Gasteiger partial charge in [0.2, 0.25) is 0 Å². The van der Waals surface area contributed by atoms with Crippen LogP contribution >= 0.6 is 31.9 Å². The normalized spacial score (nSPS) is 12.8. The zero-order valence-electron chi connectivity index (χ0n) is 12.1. The van der Waals surface area contributed by atoms with Crippen LogP contribution in [0.15, 0.2) is 39.4 Å². The summed E-state index contributed by atoms with van der Waals surface area (Å²) in [6, 6.07) is 6.12. The molecule has 1 N–H and O–H groups in total. The van der Waals surface area contributed by atoms with E-state index in [-0.39, 0.29) is 5.69 Å². The lowest BCUT2D eigenvalue weighted by Crippen LogP contribution is -2.38. The van der Waals surface area contributed by atoms with Gasteiger partial charge < -0.3 is 4.98 Å². The number of hydrogen-bond acceptors (Lipinski definition) is 2. The highest BCUT2D eigenvalue weighted by Crippen LogP contribution is 2.37. The molecule has 25 heavy (non-hydrogen) atoms. The number of imidazole rings is 1. The van der Waals surface area contributed by atoms with Crippen molar-refractivity contribution in [3.8, 4) is 11.4 Å². The molecule has 0 saturated carbocycles. The Hall–Kier alpha value is -1.55. The summed E-state index contributed by atoms with van der Waals surface area (Å²) in [6.45, 7) is 0. The number of benzene rings is 1. The minimum absolute atomic E-state index is 0.354. The van der Waals surface area contributed by atoms with E-state index in [1.54, 1.807) is 6.07 Å². The van der Waals surface area contributed by atoms with Gasteiger partial charge in [-0.3, -0.25) is 4.98 Å². The Kier molecular flexibility index (Phi) is 4.61. The van der Waals surface area contributed by atoms with Gasteiger partial charge in [0.25, 0.3) is 0 Å². The van der Waals surface area contributed by atoms with Crippen molar-refractivity contribution >= 4 is 42.9 Å². The number of aromatic nitrogens is 3. The van der Waals surface area contributed by atoms with Gasteiger partial charge in [-0.15, -0.1) is 0 Å². The summed E-state index contributed by atoms with van der Waals surface area (Å²) in [5.41, 5.74) is 1.52. The van der Waals surface area contributed by atoms with Crippen LogP contribution in [0.2, 0.25) is 0 Å². The fraction of sp³-hybridized carbons (Fsp3) is 0.200. The molecule has 0 aliphatic rings. The highest BCUT2D eigenvalue weighted by atomic mass is 79.9.